The maximum atomic E-state index is 14.6. The fourth-order valence-electron chi connectivity index (χ4n) is 2.86. The highest BCUT2D eigenvalue weighted by atomic mass is 19.1. The van der Waals surface area contributed by atoms with Crippen molar-refractivity contribution >= 4 is 11.9 Å². The lowest BCUT2D eigenvalue weighted by Gasteiger charge is -2.33. The number of ether oxygens (including phenoxy) is 2. The molecule has 26 heavy (non-hydrogen) atoms. The van der Waals surface area contributed by atoms with Crippen molar-refractivity contribution < 1.29 is 28.6 Å². The minimum absolute atomic E-state index is 0.105. The van der Waals surface area contributed by atoms with Crippen LogP contribution in [0.1, 0.15) is 10.4 Å². The number of carboxylic acid groups (broad SMARTS) is 1. The zero-order chi connectivity index (χ0) is 18.7. The number of benzene rings is 2. The molecule has 1 aliphatic heterocycles. The molecule has 1 aliphatic rings. The van der Waals surface area contributed by atoms with E-state index < -0.39 is 23.7 Å². The standard InChI is InChI=1S/C19H18FNO5/c1-25-14-5-2-12(3-6-14)13-4-7-15(16(20)10-13)18(22)21-8-9-26-11-17(21)19(23)24/h2-7,10,17H,8-9,11H2,1H3,(H,23,24)/t17-/m0/s1. The fourth-order valence-corrected chi connectivity index (χ4v) is 2.86. The van der Waals surface area contributed by atoms with Crippen molar-refractivity contribution in [2.75, 3.05) is 26.9 Å². The van der Waals surface area contributed by atoms with Crippen LogP contribution in [-0.4, -0.2) is 54.8 Å². The van der Waals surface area contributed by atoms with Crippen molar-refractivity contribution in [2.45, 2.75) is 6.04 Å². The van der Waals surface area contributed by atoms with Crippen molar-refractivity contribution in [1.82, 2.24) is 4.90 Å². The van der Waals surface area contributed by atoms with E-state index in [0.29, 0.717) is 11.3 Å². The molecule has 1 saturated heterocycles. The number of amides is 1. The number of carboxylic acids is 1. The van der Waals surface area contributed by atoms with Gasteiger partial charge in [0.05, 0.1) is 25.9 Å². The van der Waals surface area contributed by atoms with Gasteiger partial charge in [-0.15, -0.1) is 0 Å². The predicted molar refractivity (Wildman–Crippen MR) is 91.7 cm³/mol. The normalized spacial score (nSPS) is 17.0. The minimum Gasteiger partial charge on any atom is -0.497 e. The Hall–Kier alpha value is -2.93. The topological polar surface area (TPSA) is 76.1 Å². The Morgan fingerprint density at radius 2 is 1.88 bits per heavy atom. The van der Waals surface area contributed by atoms with Gasteiger partial charge in [-0.05, 0) is 35.4 Å². The Labute approximate surface area is 149 Å². The zero-order valence-electron chi connectivity index (χ0n) is 14.1. The van der Waals surface area contributed by atoms with Crippen molar-refractivity contribution in [2.24, 2.45) is 0 Å². The van der Waals surface area contributed by atoms with E-state index >= 15 is 0 Å². The molecular formula is C19H18FNO5. The molecule has 0 unspecified atom stereocenters. The molecule has 6 nitrogen and oxygen atoms in total. The number of methoxy groups -OCH3 is 1. The van der Waals surface area contributed by atoms with Gasteiger partial charge in [0.1, 0.15) is 11.6 Å². The van der Waals surface area contributed by atoms with Gasteiger partial charge in [-0.3, -0.25) is 4.79 Å². The van der Waals surface area contributed by atoms with Gasteiger partial charge in [0, 0.05) is 6.54 Å². The first kappa shape index (κ1) is 17.9. The maximum Gasteiger partial charge on any atom is 0.328 e. The molecule has 3 rings (SSSR count). The Kier molecular flexibility index (Phi) is 5.18. The number of carbonyl (C=O) groups is 2. The van der Waals surface area contributed by atoms with E-state index in [4.69, 9.17) is 9.47 Å². The average molecular weight is 359 g/mol. The van der Waals surface area contributed by atoms with Crippen LogP contribution in [-0.2, 0) is 9.53 Å². The molecule has 0 spiro atoms. The van der Waals surface area contributed by atoms with Crippen LogP contribution in [0.25, 0.3) is 11.1 Å². The molecule has 0 radical (unpaired) electrons. The molecule has 0 saturated carbocycles. The Morgan fingerprint density at radius 1 is 1.19 bits per heavy atom. The molecule has 1 heterocycles. The fraction of sp³-hybridized carbons (Fsp3) is 0.263. The second-order valence-corrected chi connectivity index (χ2v) is 5.85. The van der Waals surface area contributed by atoms with Gasteiger partial charge in [-0.25, -0.2) is 9.18 Å². The van der Waals surface area contributed by atoms with E-state index in [0.717, 1.165) is 10.5 Å². The molecular weight excluding hydrogens is 341 g/mol. The lowest BCUT2D eigenvalue weighted by molar-refractivity contribution is -0.147. The summed E-state index contributed by atoms with van der Waals surface area (Å²) in [6, 6.07) is 10.3. The van der Waals surface area contributed by atoms with E-state index in [1.54, 1.807) is 37.4 Å². The van der Waals surface area contributed by atoms with Crippen molar-refractivity contribution in [3.05, 3.63) is 53.8 Å². The van der Waals surface area contributed by atoms with Gasteiger partial charge in [0.15, 0.2) is 6.04 Å². The third-order valence-corrected chi connectivity index (χ3v) is 4.30. The van der Waals surface area contributed by atoms with Crippen LogP contribution < -0.4 is 4.74 Å². The van der Waals surface area contributed by atoms with E-state index in [-0.39, 0.29) is 25.3 Å². The van der Waals surface area contributed by atoms with Gasteiger partial charge >= 0.3 is 5.97 Å². The third-order valence-electron chi connectivity index (χ3n) is 4.30. The second kappa shape index (κ2) is 7.53. The maximum absolute atomic E-state index is 14.6. The largest absolute Gasteiger partial charge is 0.497 e. The summed E-state index contributed by atoms with van der Waals surface area (Å²) in [6.45, 7) is 0.225. The molecule has 1 atom stereocenters. The van der Waals surface area contributed by atoms with Crippen LogP contribution in [0.2, 0.25) is 0 Å². The summed E-state index contributed by atoms with van der Waals surface area (Å²) in [5, 5.41) is 9.23. The zero-order valence-corrected chi connectivity index (χ0v) is 14.1. The third kappa shape index (κ3) is 3.52. The van der Waals surface area contributed by atoms with E-state index in [9.17, 15) is 19.1 Å². The first-order chi connectivity index (χ1) is 12.5. The number of carbonyl (C=O) groups excluding carboxylic acids is 1. The minimum atomic E-state index is -1.17. The van der Waals surface area contributed by atoms with Crippen LogP contribution in [0.15, 0.2) is 42.5 Å². The number of hydrogen-bond donors (Lipinski definition) is 1. The Balaban J connectivity index is 1.86. The molecule has 136 valence electrons. The summed E-state index contributed by atoms with van der Waals surface area (Å²) in [4.78, 5) is 25.1. The van der Waals surface area contributed by atoms with Gasteiger partial charge in [0.2, 0.25) is 0 Å². The van der Waals surface area contributed by atoms with Gasteiger partial charge < -0.3 is 19.5 Å². The highest BCUT2D eigenvalue weighted by Crippen LogP contribution is 2.25. The van der Waals surface area contributed by atoms with Crippen LogP contribution >= 0.6 is 0 Å². The van der Waals surface area contributed by atoms with Crippen LogP contribution in [0, 0.1) is 5.82 Å². The molecule has 0 aromatic heterocycles. The highest BCUT2D eigenvalue weighted by molar-refractivity contribution is 5.97. The number of hydrogen-bond acceptors (Lipinski definition) is 4. The summed E-state index contributed by atoms with van der Waals surface area (Å²) < 4.78 is 24.8. The SMILES string of the molecule is COc1ccc(-c2ccc(C(=O)N3CCOC[C@H]3C(=O)O)c(F)c2)cc1. The molecule has 7 heteroatoms. The molecule has 2 aromatic rings. The predicted octanol–water partition coefficient (Wildman–Crippen LogP) is 2.43. The van der Waals surface area contributed by atoms with Crippen LogP contribution in [0.5, 0.6) is 5.75 Å². The second-order valence-electron chi connectivity index (χ2n) is 5.85. The van der Waals surface area contributed by atoms with Crippen molar-refractivity contribution in [1.29, 1.82) is 0 Å². The molecule has 2 aromatic carbocycles. The first-order valence-electron chi connectivity index (χ1n) is 8.06. The molecule has 1 fully saturated rings. The molecule has 0 aliphatic carbocycles. The number of morpholine rings is 1. The van der Waals surface area contributed by atoms with Crippen LogP contribution in [0.3, 0.4) is 0 Å². The van der Waals surface area contributed by atoms with Gasteiger partial charge in [-0.2, -0.15) is 0 Å². The summed E-state index contributed by atoms with van der Waals surface area (Å²) >= 11 is 0. The summed E-state index contributed by atoms with van der Waals surface area (Å²) in [5.41, 5.74) is 1.23. The average Bonchev–Trinajstić information content (AvgIpc) is 2.67. The molecule has 1 N–H and O–H groups in total. The van der Waals surface area contributed by atoms with Crippen molar-refractivity contribution in [3.8, 4) is 16.9 Å². The number of halogens is 1. The Bertz CT molecular complexity index is 821. The number of rotatable bonds is 4. The highest BCUT2D eigenvalue weighted by Gasteiger charge is 2.34. The van der Waals surface area contributed by atoms with E-state index in [1.807, 2.05) is 0 Å². The molecule has 1 amide bonds. The quantitative estimate of drug-likeness (QED) is 0.907. The number of aliphatic carboxylic acids is 1. The van der Waals surface area contributed by atoms with Gasteiger partial charge in [-0.1, -0.05) is 18.2 Å². The van der Waals surface area contributed by atoms with E-state index in [2.05, 4.69) is 0 Å². The smallest absolute Gasteiger partial charge is 0.328 e. The monoisotopic (exact) mass is 359 g/mol. The van der Waals surface area contributed by atoms with E-state index in [1.165, 1.54) is 12.1 Å². The molecule has 0 bridgehead atoms. The summed E-state index contributed by atoms with van der Waals surface area (Å²) in [5.74, 6) is -1.83. The lowest BCUT2D eigenvalue weighted by Crippen LogP contribution is -2.52. The number of nitrogens with zero attached hydrogens (tertiary/aromatic N) is 1. The summed E-state index contributed by atoms with van der Waals surface area (Å²) in [6.07, 6.45) is 0. The first-order valence-corrected chi connectivity index (χ1v) is 8.06. The van der Waals surface area contributed by atoms with Crippen LogP contribution in [0.4, 0.5) is 4.39 Å². The lowest BCUT2D eigenvalue weighted by atomic mass is 10.0. The van der Waals surface area contributed by atoms with Crippen molar-refractivity contribution in [3.63, 3.8) is 0 Å². The Morgan fingerprint density at radius 3 is 2.50 bits per heavy atom. The van der Waals surface area contributed by atoms with Gasteiger partial charge in [0.25, 0.3) is 5.91 Å². The summed E-state index contributed by atoms with van der Waals surface area (Å²) in [7, 11) is 1.56.